The second-order valence-corrected chi connectivity index (χ2v) is 6.12. The van der Waals surface area contributed by atoms with Crippen LogP contribution in [-0.4, -0.2) is 24.0 Å². The number of carbonyl (C=O) groups is 1. The first-order chi connectivity index (χ1) is 9.41. The Morgan fingerprint density at radius 2 is 1.80 bits per heavy atom. The monoisotopic (exact) mass is 291 g/mol. The van der Waals surface area contributed by atoms with E-state index >= 15 is 0 Å². The maximum Gasteiger partial charge on any atom is 0.236 e. The first-order valence-corrected chi connectivity index (χ1v) is 7.28. The van der Waals surface area contributed by atoms with Gasteiger partial charge in [0.2, 0.25) is 5.91 Å². The van der Waals surface area contributed by atoms with Crippen LogP contribution < -0.4 is 16.0 Å². The summed E-state index contributed by atoms with van der Waals surface area (Å²) in [5, 5.41) is 2.86. The van der Waals surface area contributed by atoms with Crippen LogP contribution in [0.3, 0.4) is 0 Å². The lowest BCUT2D eigenvalue weighted by Crippen LogP contribution is -2.41. The fourth-order valence-electron chi connectivity index (χ4n) is 2.13. The summed E-state index contributed by atoms with van der Waals surface area (Å²) in [5.41, 5.74) is 6.72. The number of hydrogen-bond donors (Lipinski definition) is 2. The van der Waals surface area contributed by atoms with E-state index in [0.29, 0.717) is 0 Å². The van der Waals surface area contributed by atoms with Gasteiger partial charge >= 0.3 is 0 Å². The summed E-state index contributed by atoms with van der Waals surface area (Å²) in [6.45, 7) is 5.67. The van der Waals surface area contributed by atoms with Gasteiger partial charge in [-0.25, -0.2) is 0 Å². The number of hydrogen-bond acceptors (Lipinski definition) is 3. The van der Waals surface area contributed by atoms with Crippen LogP contribution in [-0.2, 0) is 4.79 Å². The summed E-state index contributed by atoms with van der Waals surface area (Å²) in [7, 11) is 0. The molecule has 0 aliphatic carbocycles. The van der Waals surface area contributed by atoms with Gasteiger partial charge in [0.1, 0.15) is 0 Å². The van der Waals surface area contributed by atoms with Gasteiger partial charge in [0.15, 0.2) is 0 Å². The van der Waals surface area contributed by atoms with Crippen LogP contribution in [0.2, 0.25) is 0 Å². The van der Waals surface area contributed by atoms with Gasteiger partial charge < -0.3 is 16.0 Å². The molecule has 0 aromatic heterocycles. The zero-order valence-electron chi connectivity index (χ0n) is 12.0. The molecule has 0 spiro atoms. The number of amides is 1. The number of anilines is 2. The zero-order valence-corrected chi connectivity index (χ0v) is 12.8. The molecule has 1 amide bonds. The molecule has 20 heavy (non-hydrogen) atoms. The maximum atomic E-state index is 12.1. The molecule has 1 aliphatic rings. The number of nitrogens with zero attached hydrogens (tertiary/aromatic N) is 1. The summed E-state index contributed by atoms with van der Waals surface area (Å²) in [4.78, 5) is 14.7. The van der Waals surface area contributed by atoms with E-state index in [1.165, 1.54) is 18.5 Å². The van der Waals surface area contributed by atoms with E-state index in [2.05, 4.69) is 10.2 Å². The Morgan fingerprint density at radius 1 is 1.25 bits per heavy atom. The van der Waals surface area contributed by atoms with Crippen molar-refractivity contribution in [3.05, 3.63) is 24.3 Å². The quantitative estimate of drug-likeness (QED) is 0.837. The lowest BCUT2D eigenvalue weighted by atomic mass is 9.92. The molecule has 0 bridgehead atoms. The maximum absolute atomic E-state index is 12.1. The first kappa shape index (κ1) is 14.8. The molecule has 0 unspecified atom stereocenters. The van der Waals surface area contributed by atoms with Crippen molar-refractivity contribution in [3.63, 3.8) is 0 Å². The Balaban J connectivity index is 2.03. The van der Waals surface area contributed by atoms with E-state index in [9.17, 15) is 4.79 Å². The Bertz CT molecular complexity index is 504. The lowest BCUT2D eigenvalue weighted by molar-refractivity contribution is -0.121. The molecule has 1 aromatic rings. The average molecular weight is 291 g/mol. The molecule has 1 aliphatic heterocycles. The normalized spacial score (nSPS) is 15.2. The number of nitrogens with one attached hydrogen (secondary N) is 1. The second kappa shape index (κ2) is 5.79. The number of thiocarbonyl (C=S) groups is 1. The van der Waals surface area contributed by atoms with Crippen molar-refractivity contribution in [2.24, 2.45) is 11.1 Å². The standard InChI is InChI=1S/C15H21N3OS/c1-15(2,13(16)20)14(19)17-11-5-7-12(8-6-11)18-9-3-4-10-18/h5-8H,3-4,9-10H2,1-2H3,(H2,16,20)(H,17,19). The van der Waals surface area contributed by atoms with E-state index in [1.807, 2.05) is 24.3 Å². The first-order valence-electron chi connectivity index (χ1n) is 6.87. The number of carbonyl (C=O) groups excluding carboxylic acids is 1. The number of benzene rings is 1. The highest BCUT2D eigenvalue weighted by Gasteiger charge is 2.30. The molecule has 1 saturated heterocycles. The molecule has 0 radical (unpaired) electrons. The summed E-state index contributed by atoms with van der Waals surface area (Å²) >= 11 is 4.93. The van der Waals surface area contributed by atoms with Crippen molar-refractivity contribution in [2.75, 3.05) is 23.3 Å². The molecular formula is C15H21N3OS. The smallest absolute Gasteiger partial charge is 0.236 e. The van der Waals surface area contributed by atoms with Gasteiger partial charge in [0, 0.05) is 24.5 Å². The van der Waals surface area contributed by atoms with Gasteiger partial charge in [0.25, 0.3) is 0 Å². The van der Waals surface area contributed by atoms with Crippen LogP contribution in [0, 0.1) is 5.41 Å². The minimum absolute atomic E-state index is 0.182. The number of nitrogens with two attached hydrogens (primary N) is 1. The summed E-state index contributed by atoms with van der Waals surface area (Å²) < 4.78 is 0. The van der Waals surface area contributed by atoms with Crippen molar-refractivity contribution in [3.8, 4) is 0 Å². The molecule has 5 heteroatoms. The van der Waals surface area contributed by atoms with E-state index in [4.69, 9.17) is 18.0 Å². The van der Waals surface area contributed by atoms with Gasteiger partial charge in [-0.3, -0.25) is 4.79 Å². The Morgan fingerprint density at radius 3 is 2.30 bits per heavy atom. The highest BCUT2D eigenvalue weighted by atomic mass is 32.1. The van der Waals surface area contributed by atoms with E-state index < -0.39 is 5.41 Å². The van der Waals surface area contributed by atoms with Crippen molar-refractivity contribution in [1.82, 2.24) is 0 Å². The average Bonchev–Trinajstić information content (AvgIpc) is 2.93. The fourth-order valence-corrected chi connectivity index (χ4v) is 2.22. The molecule has 3 N–H and O–H groups in total. The van der Waals surface area contributed by atoms with Gasteiger partial charge in [0.05, 0.1) is 10.4 Å². The molecule has 108 valence electrons. The molecule has 0 saturated carbocycles. The van der Waals surface area contributed by atoms with Gasteiger partial charge in [-0.1, -0.05) is 12.2 Å². The van der Waals surface area contributed by atoms with Crippen LogP contribution in [0.4, 0.5) is 11.4 Å². The fraction of sp³-hybridized carbons (Fsp3) is 0.467. The topological polar surface area (TPSA) is 58.4 Å². The van der Waals surface area contributed by atoms with Gasteiger partial charge in [-0.05, 0) is 51.0 Å². The van der Waals surface area contributed by atoms with Crippen LogP contribution >= 0.6 is 12.2 Å². The minimum atomic E-state index is -0.844. The molecule has 1 fully saturated rings. The Kier molecular flexibility index (Phi) is 4.28. The molecule has 0 atom stereocenters. The Hall–Kier alpha value is -1.62. The molecule has 2 rings (SSSR count). The van der Waals surface area contributed by atoms with Gasteiger partial charge in [-0.15, -0.1) is 0 Å². The summed E-state index contributed by atoms with van der Waals surface area (Å²) in [5.74, 6) is -0.182. The molecule has 1 heterocycles. The van der Waals surface area contributed by atoms with Gasteiger partial charge in [-0.2, -0.15) is 0 Å². The minimum Gasteiger partial charge on any atom is -0.392 e. The van der Waals surface area contributed by atoms with Crippen molar-refractivity contribution in [2.45, 2.75) is 26.7 Å². The Labute approximate surface area is 125 Å². The van der Waals surface area contributed by atoms with Crippen molar-refractivity contribution >= 4 is 34.5 Å². The third kappa shape index (κ3) is 3.10. The SMILES string of the molecule is CC(C)(C(=O)Nc1ccc(N2CCCC2)cc1)C(N)=S. The van der Waals surface area contributed by atoms with Crippen LogP contribution in [0.25, 0.3) is 0 Å². The third-order valence-electron chi connectivity index (χ3n) is 3.78. The van der Waals surface area contributed by atoms with Crippen LogP contribution in [0.5, 0.6) is 0 Å². The second-order valence-electron chi connectivity index (χ2n) is 5.68. The lowest BCUT2D eigenvalue weighted by Gasteiger charge is -2.22. The van der Waals surface area contributed by atoms with E-state index in [1.54, 1.807) is 13.8 Å². The van der Waals surface area contributed by atoms with Crippen molar-refractivity contribution in [1.29, 1.82) is 0 Å². The molecular weight excluding hydrogens is 270 g/mol. The van der Waals surface area contributed by atoms with E-state index in [0.717, 1.165) is 18.8 Å². The zero-order chi connectivity index (χ0) is 14.8. The largest absolute Gasteiger partial charge is 0.392 e. The summed E-state index contributed by atoms with van der Waals surface area (Å²) in [6.07, 6.45) is 2.50. The molecule has 4 nitrogen and oxygen atoms in total. The predicted molar refractivity (Wildman–Crippen MR) is 87.1 cm³/mol. The highest BCUT2D eigenvalue weighted by Crippen LogP contribution is 2.23. The van der Waals surface area contributed by atoms with E-state index in [-0.39, 0.29) is 10.9 Å². The molecule has 1 aromatic carbocycles. The van der Waals surface area contributed by atoms with Crippen LogP contribution in [0.15, 0.2) is 24.3 Å². The van der Waals surface area contributed by atoms with Crippen LogP contribution in [0.1, 0.15) is 26.7 Å². The third-order valence-corrected chi connectivity index (χ3v) is 4.29. The highest BCUT2D eigenvalue weighted by molar-refractivity contribution is 7.80. The predicted octanol–water partition coefficient (Wildman–Crippen LogP) is 2.54. The summed E-state index contributed by atoms with van der Waals surface area (Å²) in [6, 6.07) is 7.91. The van der Waals surface area contributed by atoms with Crippen molar-refractivity contribution < 1.29 is 4.79 Å². The number of rotatable bonds is 4.